The van der Waals surface area contributed by atoms with Crippen molar-refractivity contribution >= 4 is 0 Å². The molecule has 6 unspecified atom stereocenters. The second-order valence-corrected chi connectivity index (χ2v) is 7.86. The number of hydrazine groups is 3. The Kier molecular flexibility index (Phi) is 4.14. The van der Waals surface area contributed by atoms with E-state index in [4.69, 9.17) is 17.5 Å². The van der Waals surface area contributed by atoms with E-state index in [2.05, 4.69) is 10.3 Å². The lowest BCUT2D eigenvalue weighted by Crippen LogP contribution is -2.64. The van der Waals surface area contributed by atoms with E-state index >= 15 is 0 Å². The van der Waals surface area contributed by atoms with Crippen LogP contribution in [0.15, 0.2) is 0 Å². The molecule has 4 rings (SSSR count). The van der Waals surface area contributed by atoms with Crippen LogP contribution in [-0.2, 0) is 0 Å². The summed E-state index contributed by atoms with van der Waals surface area (Å²) >= 11 is 0. The fourth-order valence-corrected chi connectivity index (χ4v) is 5.66. The molecule has 6 atom stereocenters. The summed E-state index contributed by atoms with van der Waals surface area (Å²) in [6.45, 7) is 6.12. The van der Waals surface area contributed by atoms with Gasteiger partial charge in [-0.3, -0.25) is 17.5 Å². The first kappa shape index (κ1) is 15.3. The highest BCUT2D eigenvalue weighted by atomic mass is 15.5. The van der Waals surface area contributed by atoms with Gasteiger partial charge in [-0.05, 0) is 49.5 Å². The maximum absolute atomic E-state index is 6.49. The molecule has 0 amide bonds. The average molecular weight is 309 g/mol. The van der Waals surface area contributed by atoms with Gasteiger partial charge in [0.05, 0.1) is 0 Å². The highest BCUT2D eigenvalue weighted by molar-refractivity contribution is 5.03. The van der Waals surface area contributed by atoms with Crippen LogP contribution in [0.1, 0.15) is 19.3 Å². The molecule has 4 heterocycles. The molecule has 0 bridgehead atoms. The first-order chi connectivity index (χ1) is 10.6. The van der Waals surface area contributed by atoms with Crippen LogP contribution in [0.3, 0.4) is 0 Å². The fraction of sp³-hybridized carbons (Fsp3) is 1.00. The van der Waals surface area contributed by atoms with Crippen LogP contribution >= 0.6 is 0 Å². The monoisotopic (exact) mass is 309 g/mol. The van der Waals surface area contributed by atoms with Crippen molar-refractivity contribution in [2.24, 2.45) is 41.2 Å². The summed E-state index contributed by atoms with van der Waals surface area (Å²) in [5, 5.41) is 9.80. The Morgan fingerprint density at radius 3 is 2.41 bits per heavy atom. The molecule has 4 aliphatic heterocycles. The van der Waals surface area contributed by atoms with Crippen LogP contribution in [0.5, 0.6) is 0 Å². The Labute approximate surface area is 133 Å². The molecule has 4 saturated heterocycles. The molecule has 0 saturated carbocycles. The average Bonchev–Trinajstić information content (AvgIpc) is 2.87. The van der Waals surface area contributed by atoms with E-state index in [-0.39, 0.29) is 0 Å². The van der Waals surface area contributed by atoms with Gasteiger partial charge in [0.2, 0.25) is 0 Å². The van der Waals surface area contributed by atoms with Crippen LogP contribution in [-0.4, -0.2) is 66.4 Å². The maximum Gasteiger partial charge on any atom is 0.0317 e. The van der Waals surface area contributed by atoms with E-state index in [9.17, 15) is 0 Å². The van der Waals surface area contributed by atoms with Crippen molar-refractivity contribution in [3.63, 3.8) is 0 Å². The third-order valence-electron chi connectivity index (χ3n) is 6.68. The molecule has 7 nitrogen and oxygen atoms in total. The van der Waals surface area contributed by atoms with E-state index in [0.29, 0.717) is 29.8 Å². The van der Waals surface area contributed by atoms with E-state index in [1.54, 1.807) is 0 Å². The second kappa shape index (κ2) is 5.98. The number of nitrogens with two attached hydrogens (primary N) is 3. The first-order valence-electron chi connectivity index (χ1n) is 8.87. The molecule has 0 aromatic carbocycles. The van der Waals surface area contributed by atoms with Gasteiger partial charge in [0.1, 0.15) is 0 Å². The smallest absolute Gasteiger partial charge is 0.0317 e. The lowest BCUT2D eigenvalue weighted by atomic mass is 9.66. The molecule has 0 radical (unpaired) electrons. The quantitative estimate of drug-likeness (QED) is 0.439. The third kappa shape index (κ3) is 2.58. The Bertz CT molecular complexity index is 403. The zero-order valence-corrected chi connectivity index (χ0v) is 13.4. The van der Waals surface area contributed by atoms with E-state index < -0.39 is 0 Å². The van der Waals surface area contributed by atoms with Crippen LogP contribution in [0, 0.1) is 23.7 Å². The standard InChI is InChI=1S/C15H31N7/c16-20-5-2-10-3-6-22(18)15(12(10)7-20)11-1-4-19-14-9-21(17)8-13(11)14/h10-15,19H,1-9,16-18H2. The van der Waals surface area contributed by atoms with Gasteiger partial charge in [0.15, 0.2) is 0 Å². The number of hydrogen-bond donors (Lipinski definition) is 4. The molecule has 0 spiro atoms. The summed E-state index contributed by atoms with van der Waals surface area (Å²) in [5.41, 5.74) is 0. The molecule has 0 aromatic heterocycles. The summed E-state index contributed by atoms with van der Waals surface area (Å²) in [6.07, 6.45) is 3.67. The Balaban J connectivity index is 1.57. The minimum absolute atomic E-state index is 0.464. The highest BCUT2D eigenvalue weighted by Gasteiger charge is 2.49. The number of nitrogens with one attached hydrogen (secondary N) is 1. The Morgan fingerprint density at radius 2 is 1.55 bits per heavy atom. The van der Waals surface area contributed by atoms with Crippen LogP contribution in [0.25, 0.3) is 0 Å². The predicted octanol–water partition coefficient (Wildman–Crippen LogP) is -1.47. The number of rotatable bonds is 1. The van der Waals surface area contributed by atoms with Crippen molar-refractivity contribution in [1.29, 1.82) is 0 Å². The third-order valence-corrected chi connectivity index (χ3v) is 6.68. The molecule has 4 fully saturated rings. The number of hydrogen-bond acceptors (Lipinski definition) is 7. The van der Waals surface area contributed by atoms with Crippen LogP contribution < -0.4 is 22.8 Å². The van der Waals surface area contributed by atoms with Gasteiger partial charge < -0.3 is 5.32 Å². The Morgan fingerprint density at radius 1 is 0.773 bits per heavy atom. The highest BCUT2D eigenvalue weighted by Crippen LogP contribution is 2.42. The molecule has 7 N–H and O–H groups in total. The summed E-state index contributed by atoms with van der Waals surface area (Å²) in [5.74, 6) is 21.4. The van der Waals surface area contributed by atoms with E-state index in [0.717, 1.165) is 45.2 Å². The fourth-order valence-electron chi connectivity index (χ4n) is 5.66. The lowest BCUT2D eigenvalue weighted by Gasteiger charge is -2.53. The molecule has 0 aliphatic carbocycles. The summed E-state index contributed by atoms with van der Waals surface area (Å²) in [6, 6.07) is 1.00. The van der Waals surface area contributed by atoms with Gasteiger partial charge in [-0.15, -0.1) is 0 Å². The van der Waals surface area contributed by atoms with Crippen molar-refractivity contribution in [3.05, 3.63) is 0 Å². The maximum atomic E-state index is 6.49. The van der Waals surface area contributed by atoms with Crippen molar-refractivity contribution in [1.82, 2.24) is 20.3 Å². The van der Waals surface area contributed by atoms with Gasteiger partial charge in [0, 0.05) is 44.8 Å². The van der Waals surface area contributed by atoms with Crippen molar-refractivity contribution in [2.75, 3.05) is 39.3 Å². The largest absolute Gasteiger partial charge is 0.312 e. The Hall–Kier alpha value is -0.280. The normalized spacial score (nSPS) is 48.1. The molecule has 126 valence electrons. The molecule has 4 aliphatic rings. The first-order valence-corrected chi connectivity index (χ1v) is 8.87. The number of nitrogens with zero attached hydrogens (tertiary/aromatic N) is 3. The van der Waals surface area contributed by atoms with Crippen LogP contribution in [0.2, 0.25) is 0 Å². The van der Waals surface area contributed by atoms with Crippen LogP contribution in [0.4, 0.5) is 0 Å². The predicted molar refractivity (Wildman–Crippen MR) is 85.8 cm³/mol. The minimum atomic E-state index is 0.464. The zero-order chi connectivity index (χ0) is 15.3. The summed E-state index contributed by atoms with van der Waals surface area (Å²) < 4.78 is 0. The van der Waals surface area contributed by atoms with Gasteiger partial charge in [-0.1, -0.05) is 0 Å². The molecule has 22 heavy (non-hydrogen) atoms. The zero-order valence-electron chi connectivity index (χ0n) is 13.4. The lowest BCUT2D eigenvalue weighted by molar-refractivity contribution is -0.0523. The van der Waals surface area contributed by atoms with E-state index in [1.165, 1.54) is 19.3 Å². The molecular weight excluding hydrogens is 278 g/mol. The topological polar surface area (TPSA) is 99.8 Å². The van der Waals surface area contributed by atoms with Gasteiger partial charge in [-0.2, -0.15) is 0 Å². The number of fused-ring (bicyclic) bond motifs is 2. The summed E-state index contributed by atoms with van der Waals surface area (Å²) in [4.78, 5) is 0. The SMILES string of the molecule is NN1CC2NCCC(C3C4CN(N)CCC4CCN3N)C2C1. The molecular formula is C15H31N7. The van der Waals surface area contributed by atoms with Crippen molar-refractivity contribution < 1.29 is 0 Å². The van der Waals surface area contributed by atoms with Crippen molar-refractivity contribution in [3.8, 4) is 0 Å². The summed E-state index contributed by atoms with van der Waals surface area (Å²) in [7, 11) is 0. The minimum Gasteiger partial charge on any atom is -0.312 e. The molecule has 7 heteroatoms. The van der Waals surface area contributed by atoms with E-state index in [1.807, 2.05) is 10.0 Å². The van der Waals surface area contributed by atoms with Gasteiger partial charge >= 0.3 is 0 Å². The van der Waals surface area contributed by atoms with Crippen molar-refractivity contribution in [2.45, 2.75) is 31.3 Å². The van der Waals surface area contributed by atoms with Gasteiger partial charge in [-0.25, -0.2) is 15.0 Å². The van der Waals surface area contributed by atoms with Gasteiger partial charge in [0.25, 0.3) is 0 Å². The number of piperidine rings is 3. The second-order valence-electron chi connectivity index (χ2n) is 7.86. The molecule has 0 aromatic rings.